The van der Waals surface area contributed by atoms with Crippen molar-refractivity contribution in [1.29, 1.82) is 0 Å². The first kappa shape index (κ1) is 9.85. The second-order valence-electron chi connectivity index (χ2n) is 4.83. The van der Waals surface area contributed by atoms with Gasteiger partial charge in [0.15, 0.2) is 0 Å². The van der Waals surface area contributed by atoms with E-state index in [1.807, 2.05) is 30.3 Å². The molecule has 0 aromatic heterocycles. The van der Waals surface area contributed by atoms with Gasteiger partial charge in [-0.25, -0.2) is 0 Å². The van der Waals surface area contributed by atoms with E-state index in [1.165, 1.54) is 0 Å². The Morgan fingerprint density at radius 2 is 2.19 bits per heavy atom. The summed E-state index contributed by atoms with van der Waals surface area (Å²) in [6.45, 7) is 1.33. The Hall–Kier alpha value is -1.35. The molecule has 1 aliphatic carbocycles. The quantitative estimate of drug-likeness (QED) is 0.842. The average Bonchev–Trinajstić information content (AvgIpc) is 2.82. The lowest BCUT2D eigenvalue weighted by molar-refractivity contribution is -0.141. The fraction of sp³-hybridized carbons (Fsp3) is 0.462. The molecule has 1 aliphatic heterocycles. The number of rotatable bonds is 3. The largest absolute Gasteiger partial charge is 0.481 e. The summed E-state index contributed by atoms with van der Waals surface area (Å²) in [5.41, 5.74) is 0.788. The van der Waals surface area contributed by atoms with Gasteiger partial charge >= 0.3 is 5.97 Å². The van der Waals surface area contributed by atoms with Gasteiger partial charge < -0.3 is 9.84 Å². The van der Waals surface area contributed by atoms with Gasteiger partial charge in [-0.05, 0) is 17.9 Å². The van der Waals surface area contributed by atoms with E-state index >= 15 is 0 Å². The van der Waals surface area contributed by atoms with Gasteiger partial charge in [-0.15, -0.1) is 0 Å². The summed E-state index contributed by atoms with van der Waals surface area (Å²) in [7, 11) is 0. The number of fused-ring (bicyclic) bond motifs is 1. The van der Waals surface area contributed by atoms with Crippen LogP contribution in [0.15, 0.2) is 30.3 Å². The van der Waals surface area contributed by atoms with E-state index in [4.69, 9.17) is 4.74 Å². The van der Waals surface area contributed by atoms with Gasteiger partial charge in [-0.1, -0.05) is 30.3 Å². The molecule has 84 valence electrons. The number of carboxylic acids is 1. The average molecular weight is 218 g/mol. The number of carboxylic acid groups (broad SMARTS) is 1. The topological polar surface area (TPSA) is 46.5 Å². The van der Waals surface area contributed by atoms with Crippen molar-refractivity contribution in [3.8, 4) is 0 Å². The number of aliphatic carboxylic acids is 1. The zero-order chi connectivity index (χ0) is 11.2. The molecule has 1 aromatic carbocycles. The summed E-state index contributed by atoms with van der Waals surface area (Å²) in [5, 5.41) is 9.42. The van der Waals surface area contributed by atoms with E-state index in [9.17, 15) is 9.90 Å². The van der Waals surface area contributed by atoms with Crippen LogP contribution in [0.25, 0.3) is 0 Å². The van der Waals surface area contributed by atoms with Crippen molar-refractivity contribution in [1.82, 2.24) is 0 Å². The maximum absolute atomic E-state index is 11.5. The van der Waals surface area contributed by atoms with E-state index in [2.05, 4.69) is 0 Å². The Balaban J connectivity index is 1.97. The van der Waals surface area contributed by atoms with E-state index in [1.54, 1.807) is 0 Å². The Labute approximate surface area is 94.0 Å². The highest BCUT2D eigenvalue weighted by molar-refractivity contribution is 5.78. The van der Waals surface area contributed by atoms with Crippen LogP contribution in [0.4, 0.5) is 0 Å². The highest BCUT2D eigenvalue weighted by Crippen LogP contribution is 2.64. The lowest BCUT2D eigenvalue weighted by Crippen LogP contribution is -2.25. The van der Waals surface area contributed by atoms with Crippen LogP contribution in [0, 0.1) is 11.3 Å². The van der Waals surface area contributed by atoms with Crippen LogP contribution < -0.4 is 0 Å². The van der Waals surface area contributed by atoms with Gasteiger partial charge in [0.25, 0.3) is 0 Å². The van der Waals surface area contributed by atoms with E-state index in [-0.39, 0.29) is 5.41 Å². The Bertz CT molecular complexity index is 414. The van der Waals surface area contributed by atoms with Crippen molar-refractivity contribution < 1.29 is 14.6 Å². The molecule has 1 saturated heterocycles. The molecule has 3 heteroatoms. The number of benzene rings is 1. The third-order valence-electron chi connectivity index (χ3n) is 3.92. The first-order chi connectivity index (χ1) is 7.74. The van der Waals surface area contributed by atoms with Crippen molar-refractivity contribution >= 4 is 5.97 Å². The molecule has 1 aromatic rings. The monoisotopic (exact) mass is 218 g/mol. The zero-order valence-electron chi connectivity index (χ0n) is 8.93. The summed E-state index contributed by atoms with van der Waals surface area (Å²) in [6.07, 6.45) is 0.999. The molecule has 3 atom stereocenters. The van der Waals surface area contributed by atoms with Crippen molar-refractivity contribution in [3.05, 3.63) is 35.9 Å². The SMILES string of the molecule is O=C(O)C(c1ccccc1)C12COCC1C2. The van der Waals surface area contributed by atoms with Gasteiger partial charge in [0, 0.05) is 5.41 Å². The van der Waals surface area contributed by atoms with Crippen LogP contribution in [0.2, 0.25) is 0 Å². The smallest absolute Gasteiger partial charge is 0.311 e. The van der Waals surface area contributed by atoms with Gasteiger partial charge in [-0.3, -0.25) is 4.79 Å². The Morgan fingerprint density at radius 1 is 1.44 bits per heavy atom. The van der Waals surface area contributed by atoms with Crippen LogP contribution in [-0.4, -0.2) is 24.3 Å². The van der Waals surface area contributed by atoms with Gasteiger partial charge in [0.2, 0.25) is 0 Å². The molecular formula is C13H14O3. The Morgan fingerprint density at radius 3 is 2.69 bits per heavy atom. The molecular weight excluding hydrogens is 204 g/mol. The van der Waals surface area contributed by atoms with Gasteiger partial charge in [0.1, 0.15) is 0 Å². The molecule has 3 nitrogen and oxygen atoms in total. The zero-order valence-corrected chi connectivity index (χ0v) is 8.93. The molecule has 16 heavy (non-hydrogen) atoms. The highest BCUT2D eigenvalue weighted by Gasteiger charge is 2.64. The van der Waals surface area contributed by atoms with E-state index < -0.39 is 11.9 Å². The number of hydrogen-bond donors (Lipinski definition) is 1. The number of hydrogen-bond acceptors (Lipinski definition) is 2. The molecule has 0 radical (unpaired) electrons. The molecule has 1 saturated carbocycles. The summed E-state index contributed by atoms with van der Waals surface area (Å²) in [6, 6.07) is 9.52. The molecule has 0 spiro atoms. The van der Waals surface area contributed by atoms with Crippen molar-refractivity contribution in [2.75, 3.05) is 13.2 Å². The molecule has 1 heterocycles. The lowest BCUT2D eigenvalue weighted by atomic mass is 9.83. The first-order valence-corrected chi connectivity index (χ1v) is 5.59. The second kappa shape index (κ2) is 3.32. The minimum absolute atomic E-state index is 0.118. The van der Waals surface area contributed by atoms with Crippen LogP contribution >= 0.6 is 0 Å². The molecule has 0 amide bonds. The maximum Gasteiger partial charge on any atom is 0.311 e. The van der Waals surface area contributed by atoms with Crippen molar-refractivity contribution in [2.45, 2.75) is 12.3 Å². The van der Waals surface area contributed by atoms with Crippen LogP contribution in [-0.2, 0) is 9.53 Å². The van der Waals surface area contributed by atoms with Crippen molar-refractivity contribution in [2.24, 2.45) is 11.3 Å². The fourth-order valence-electron chi connectivity index (χ4n) is 3.00. The molecule has 2 aliphatic rings. The summed E-state index contributed by atoms with van der Waals surface area (Å²) in [4.78, 5) is 11.5. The third-order valence-corrected chi connectivity index (χ3v) is 3.92. The summed E-state index contributed by atoms with van der Waals surface area (Å²) < 4.78 is 5.40. The Kier molecular flexibility index (Phi) is 2.04. The third kappa shape index (κ3) is 1.28. The standard InChI is InChI=1S/C13H14O3/c14-12(15)11(9-4-2-1-3-5-9)13-6-10(13)7-16-8-13/h1-5,10-11H,6-8H2,(H,14,15). The predicted molar refractivity (Wildman–Crippen MR) is 58.2 cm³/mol. The van der Waals surface area contributed by atoms with Crippen LogP contribution in [0.5, 0.6) is 0 Å². The predicted octanol–water partition coefficient (Wildman–Crippen LogP) is 1.89. The number of carbonyl (C=O) groups is 1. The van der Waals surface area contributed by atoms with E-state index in [0.717, 1.165) is 18.6 Å². The second-order valence-corrected chi connectivity index (χ2v) is 4.83. The molecule has 2 fully saturated rings. The van der Waals surface area contributed by atoms with Crippen LogP contribution in [0.1, 0.15) is 17.9 Å². The summed E-state index contributed by atoms with van der Waals surface area (Å²) in [5.74, 6) is -0.672. The molecule has 3 unspecified atom stereocenters. The minimum Gasteiger partial charge on any atom is -0.481 e. The summed E-state index contributed by atoms with van der Waals surface area (Å²) >= 11 is 0. The lowest BCUT2D eigenvalue weighted by Gasteiger charge is -2.21. The molecule has 0 bridgehead atoms. The fourth-order valence-corrected chi connectivity index (χ4v) is 3.00. The van der Waals surface area contributed by atoms with Gasteiger partial charge in [-0.2, -0.15) is 0 Å². The molecule has 3 rings (SSSR count). The number of ether oxygens (including phenoxy) is 1. The normalized spacial score (nSPS) is 33.1. The molecule has 1 N–H and O–H groups in total. The maximum atomic E-state index is 11.5. The van der Waals surface area contributed by atoms with Gasteiger partial charge in [0.05, 0.1) is 19.1 Å². The minimum atomic E-state index is -0.723. The van der Waals surface area contributed by atoms with Crippen molar-refractivity contribution in [3.63, 3.8) is 0 Å². The highest BCUT2D eigenvalue weighted by atomic mass is 16.5. The van der Waals surface area contributed by atoms with E-state index in [0.29, 0.717) is 12.5 Å². The van der Waals surface area contributed by atoms with Crippen LogP contribution in [0.3, 0.4) is 0 Å². The first-order valence-electron chi connectivity index (χ1n) is 5.59.